The van der Waals surface area contributed by atoms with Gasteiger partial charge in [0, 0.05) is 6.07 Å². The van der Waals surface area contributed by atoms with Crippen molar-refractivity contribution in [1.29, 1.82) is 0 Å². The van der Waals surface area contributed by atoms with Gasteiger partial charge in [0.15, 0.2) is 17.5 Å². The zero-order valence-corrected chi connectivity index (χ0v) is 15.7. The maximum Gasteiger partial charge on any atom is 0.418 e. The minimum Gasteiger partial charge on any atom is -0.477 e. The molecule has 0 heterocycles. The molecule has 154 valence electrons. The second kappa shape index (κ2) is 9.19. The van der Waals surface area contributed by atoms with Gasteiger partial charge in [0.05, 0.1) is 16.2 Å². The molecule has 1 amide bonds. The lowest BCUT2D eigenvalue weighted by Crippen LogP contribution is -2.45. The van der Waals surface area contributed by atoms with Crippen LogP contribution in [0.3, 0.4) is 0 Å². The first-order valence-electron chi connectivity index (χ1n) is 7.98. The highest BCUT2D eigenvalue weighted by Gasteiger charge is 2.33. The van der Waals surface area contributed by atoms with E-state index in [-0.39, 0.29) is 22.2 Å². The smallest absolute Gasteiger partial charge is 0.418 e. The molecule has 2 rings (SSSR count). The van der Waals surface area contributed by atoms with Crippen LogP contribution in [-0.4, -0.2) is 22.5 Å². The molecule has 0 spiro atoms. The first-order chi connectivity index (χ1) is 13.6. The molecule has 12 heteroatoms. The van der Waals surface area contributed by atoms with Gasteiger partial charge in [-0.1, -0.05) is 18.2 Å². The molecule has 3 N–H and O–H groups in total. The summed E-state index contributed by atoms with van der Waals surface area (Å²) < 4.78 is 44.0. The molecule has 0 saturated carbocycles. The predicted molar refractivity (Wildman–Crippen MR) is 102 cm³/mol. The zero-order chi connectivity index (χ0) is 21.6. The summed E-state index contributed by atoms with van der Waals surface area (Å²) in [5.74, 6) is -0.858. The molecule has 29 heavy (non-hydrogen) atoms. The topological polar surface area (TPSA) is 106 Å². The summed E-state index contributed by atoms with van der Waals surface area (Å²) in [5, 5.41) is 13.0. The van der Waals surface area contributed by atoms with Gasteiger partial charge in [-0.15, -0.1) is 0 Å². The number of ether oxygens (including phenoxy) is 1. The first kappa shape index (κ1) is 21.9. The van der Waals surface area contributed by atoms with Crippen LogP contribution in [0.2, 0.25) is 0 Å². The SMILES string of the molecule is Cc1ccc(OCC(=O)NNC(=S)Nc2ccccc2C(F)(F)F)c([N+](=O)[O-])c1. The van der Waals surface area contributed by atoms with Crippen LogP contribution in [0.4, 0.5) is 24.5 Å². The third kappa shape index (κ3) is 6.31. The summed E-state index contributed by atoms with van der Waals surface area (Å²) in [7, 11) is 0. The monoisotopic (exact) mass is 428 g/mol. The van der Waals surface area contributed by atoms with Crippen molar-refractivity contribution < 1.29 is 27.6 Å². The summed E-state index contributed by atoms with van der Waals surface area (Å²) in [4.78, 5) is 22.2. The number of hydrogen-bond acceptors (Lipinski definition) is 5. The molecular weight excluding hydrogens is 413 g/mol. The number of hydrazine groups is 1. The lowest BCUT2D eigenvalue weighted by atomic mass is 10.2. The standard InChI is InChI=1S/C17H15F3N4O4S/c1-10-6-7-14(13(8-10)24(26)27)28-9-15(25)22-23-16(29)21-12-5-3-2-4-11(12)17(18,19)20/h2-8H,9H2,1H3,(H,22,25)(H2,21,23,29). The lowest BCUT2D eigenvalue weighted by molar-refractivity contribution is -0.385. The van der Waals surface area contributed by atoms with Crippen molar-refractivity contribution in [2.75, 3.05) is 11.9 Å². The minimum atomic E-state index is -4.58. The Bertz CT molecular complexity index is 937. The van der Waals surface area contributed by atoms with E-state index in [2.05, 4.69) is 16.2 Å². The largest absolute Gasteiger partial charge is 0.477 e. The number of carbonyl (C=O) groups is 1. The van der Waals surface area contributed by atoms with Crippen molar-refractivity contribution in [3.05, 3.63) is 63.7 Å². The van der Waals surface area contributed by atoms with E-state index in [9.17, 15) is 28.1 Å². The summed E-state index contributed by atoms with van der Waals surface area (Å²) >= 11 is 4.85. The Hall–Kier alpha value is -3.41. The number of nitro benzene ring substituents is 1. The number of nitrogens with one attached hydrogen (secondary N) is 3. The molecule has 0 fully saturated rings. The summed E-state index contributed by atoms with van der Waals surface area (Å²) in [6, 6.07) is 8.91. The van der Waals surface area contributed by atoms with E-state index in [1.165, 1.54) is 30.3 Å². The fourth-order valence-corrected chi connectivity index (χ4v) is 2.35. The van der Waals surface area contributed by atoms with Gasteiger partial charge in [-0.3, -0.25) is 25.8 Å². The van der Waals surface area contributed by atoms with Crippen LogP contribution in [-0.2, 0) is 11.0 Å². The normalized spacial score (nSPS) is 10.8. The maximum atomic E-state index is 13.0. The second-order valence-corrected chi connectivity index (χ2v) is 6.10. The number of thiocarbonyl (C=S) groups is 1. The Kier molecular flexibility index (Phi) is 6.93. The van der Waals surface area contributed by atoms with Gasteiger partial charge in [-0.2, -0.15) is 13.2 Å². The van der Waals surface area contributed by atoms with E-state index in [1.54, 1.807) is 13.0 Å². The number of hydrogen-bond donors (Lipinski definition) is 3. The molecule has 0 aliphatic heterocycles. The molecule has 2 aromatic carbocycles. The van der Waals surface area contributed by atoms with Crippen LogP contribution in [0.5, 0.6) is 5.75 Å². The van der Waals surface area contributed by atoms with Gasteiger partial charge in [0.1, 0.15) is 0 Å². The quantitative estimate of drug-likeness (QED) is 0.381. The van der Waals surface area contributed by atoms with Crippen molar-refractivity contribution in [1.82, 2.24) is 10.9 Å². The molecule has 0 aromatic heterocycles. The Morgan fingerprint density at radius 3 is 2.55 bits per heavy atom. The summed E-state index contributed by atoms with van der Waals surface area (Å²) in [6.07, 6.45) is -4.58. The van der Waals surface area contributed by atoms with Gasteiger partial charge in [0.2, 0.25) is 0 Å². The Labute approximate surface area is 168 Å². The van der Waals surface area contributed by atoms with Crippen molar-refractivity contribution in [2.45, 2.75) is 13.1 Å². The number of benzene rings is 2. The molecule has 8 nitrogen and oxygen atoms in total. The highest BCUT2D eigenvalue weighted by Crippen LogP contribution is 2.34. The van der Waals surface area contributed by atoms with E-state index in [4.69, 9.17) is 17.0 Å². The minimum absolute atomic E-state index is 0.101. The van der Waals surface area contributed by atoms with Gasteiger partial charge < -0.3 is 10.1 Å². The number of alkyl halides is 3. The first-order valence-corrected chi connectivity index (χ1v) is 8.38. The highest BCUT2D eigenvalue weighted by molar-refractivity contribution is 7.80. The summed E-state index contributed by atoms with van der Waals surface area (Å²) in [6.45, 7) is 1.08. The molecule has 2 aromatic rings. The van der Waals surface area contributed by atoms with E-state index >= 15 is 0 Å². The van der Waals surface area contributed by atoms with E-state index in [0.29, 0.717) is 5.56 Å². The van der Waals surface area contributed by atoms with Gasteiger partial charge in [-0.25, -0.2) is 0 Å². The van der Waals surface area contributed by atoms with Crippen molar-refractivity contribution >= 4 is 34.6 Å². The van der Waals surface area contributed by atoms with Crippen molar-refractivity contribution in [2.24, 2.45) is 0 Å². The van der Waals surface area contributed by atoms with Gasteiger partial charge in [-0.05, 0) is 42.9 Å². The maximum absolute atomic E-state index is 13.0. The number of amides is 1. The Balaban J connectivity index is 1.89. The molecular formula is C17H15F3N4O4S. The number of anilines is 1. The van der Waals surface area contributed by atoms with Crippen LogP contribution < -0.4 is 20.9 Å². The highest BCUT2D eigenvalue weighted by atomic mass is 32.1. The lowest BCUT2D eigenvalue weighted by Gasteiger charge is -2.16. The third-order valence-electron chi connectivity index (χ3n) is 3.47. The fraction of sp³-hybridized carbons (Fsp3) is 0.176. The number of nitro groups is 1. The molecule has 0 radical (unpaired) electrons. The van der Waals surface area contributed by atoms with Crippen molar-refractivity contribution in [3.8, 4) is 5.75 Å². The second-order valence-electron chi connectivity index (χ2n) is 5.69. The number of nitrogens with zero attached hydrogens (tertiary/aromatic N) is 1. The number of carbonyl (C=O) groups excluding carboxylic acids is 1. The Morgan fingerprint density at radius 1 is 1.21 bits per heavy atom. The average molecular weight is 428 g/mol. The molecule has 0 saturated heterocycles. The van der Waals surface area contributed by atoms with E-state index in [1.807, 2.05) is 0 Å². The van der Waals surface area contributed by atoms with Crippen LogP contribution in [0, 0.1) is 17.0 Å². The van der Waals surface area contributed by atoms with E-state index in [0.717, 1.165) is 6.07 Å². The molecule has 0 atom stereocenters. The summed E-state index contributed by atoms with van der Waals surface area (Å²) in [5.41, 5.74) is 3.48. The van der Waals surface area contributed by atoms with Gasteiger partial charge >= 0.3 is 11.9 Å². The number of para-hydroxylation sites is 1. The van der Waals surface area contributed by atoms with Gasteiger partial charge in [0.25, 0.3) is 5.91 Å². The molecule has 0 bridgehead atoms. The molecule has 0 aliphatic carbocycles. The van der Waals surface area contributed by atoms with E-state index < -0.39 is 29.2 Å². The molecule has 0 unspecified atom stereocenters. The zero-order valence-electron chi connectivity index (χ0n) is 14.9. The van der Waals surface area contributed by atoms with Crippen LogP contribution >= 0.6 is 12.2 Å². The van der Waals surface area contributed by atoms with Crippen LogP contribution in [0.15, 0.2) is 42.5 Å². The number of halogens is 3. The average Bonchev–Trinajstić information content (AvgIpc) is 2.64. The fourth-order valence-electron chi connectivity index (χ4n) is 2.19. The predicted octanol–water partition coefficient (Wildman–Crippen LogP) is 3.32. The molecule has 0 aliphatic rings. The van der Waals surface area contributed by atoms with Crippen molar-refractivity contribution in [3.63, 3.8) is 0 Å². The van der Waals surface area contributed by atoms with Crippen LogP contribution in [0.1, 0.15) is 11.1 Å². The number of aryl methyl sites for hydroxylation is 1. The third-order valence-corrected chi connectivity index (χ3v) is 3.67. The van der Waals surface area contributed by atoms with Crippen LogP contribution in [0.25, 0.3) is 0 Å². The Morgan fingerprint density at radius 2 is 1.90 bits per heavy atom. The number of rotatable bonds is 5.